The molecule has 0 aromatic rings. The van der Waals surface area contributed by atoms with Crippen molar-refractivity contribution in [3.05, 3.63) is 10.1 Å². The molecule has 0 aromatic heterocycles. The van der Waals surface area contributed by atoms with Crippen molar-refractivity contribution in [2.45, 2.75) is 65.2 Å². The largest absolute Gasteiger partial charge is 0.466 e. The molecule has 0 unspecified atom stereocenters. The van der Waals surface area contributed by atoms with Crippen molar-refractivity contribution in [3.8, 4) is 0 Å². The van der Waals surface area contributed by atoms with Crippen LogP contribution in [-0.4, -0.2) is 41.0 Å². The molecule has 0 aliphatic heterocycles. The lowest BCUT2D eigenvalue weighted by atomic mass is 9.70. The second-order valence-corrected chi connectivity index (χ2v) is 6.55. The predicted octanol–water partition coefficient (Wildman–Crippen LogP) is 2.81. The van der Waals surface area contributed by atoms with E-state index in [0.29, 0.717) is 12.8 Å². The summed E-state index contributed by atoms with van der Waals surface area (Å²) in [6, 6.07) is -1.25. The van der Waals surface area contributed by atoms with Crippen molar-refractivity contribution in [2.75, 3.05) is 6.61 Å². The van der Waals surface area contributed by atoms with Gasteiger partial charge in [0.05, 0.1) is 24.7 Å². The maximum Gasteiger partial charge on any atom is 0.309 e. The van der Waals surface area contributed by atoms with Gasteiger partial charge in [-0.1, -0.05) is 20.8 Å². The minimum atomic E-state index is -1.25. The van der Waals surface area contributed by atoms with E-state index < -0.39 is 46.0 Å². The Bertz CT molecular complexity index is 467. The maximum absolute atomic E-state index is 12.2. The van der Waals surface area contributed by atoms with Gasteiger partial charge in [0.25, 0.3) is 0 Å². The second kappa shape index (κ2) is 9.32. The Morgan fingerprint density at radius 2 is 1.88 bits per heavy atom. The third-order valence-corrected chi connectivity index (χ3v) is 5.05. The Hall–Kier alpha value is -1.21. The van der Waals surface area contributed by atoms with Gasteiger partial charge in [0.15, 0.2) is 0 Å². The van der Waals surface area contributed by atoms with Gasteiger partial charge in [-0.2, -0.15) is 0 Å². The SMILES string of the molecule is CCOC(=O)[C@@H]1C[C@H]([N+](=O)[O-])[C@@H](C(=O)Cl)[C@H](OC(CC)CC)[C@@H]1C. The third-order valence-electron chi connectivity index (χ3n) is 4.80. The molecule has 7 nitrogen and oxygen atoms in total. The van der Waals surface area contributed by atoms with Gasteiger partial charge >= 0.3 is 5.97 Å². The normalized spacial score (nSPS) is 30.2. The Labute approximate surface area is 147 Å². The van der Waals surface area contributed by atoms with E-state index in [1.54, 1.807) is 13.8 Å². The van der Waals surface area contributed by atoms with Crippen molar-refractivity contribution in [2.24, 2.45) is 17.8 Å². The molecule has 0 heterocycles. The van der Waals surface area contributed by atoms with Crippen LogP contribution in [0.2, 0.25) is 0 Å². The first kappa shape index (κ1) is 20.8. The highest BCUT2D eigenvalue weighted by Gasteiger charge is 2.54. The fraction of sp³-hybridized carbons (Fsp3) is 0.875. The zero-order valence-corrected chi connectivity index (χ0v) is 15.3. The number of hydrogen-bond acceptors (Lipinski definition) is 6. The molecule has 0 aromatic carbocycles. The van der Waals surface area contributed by atoms with Crippen molar-refractivity contribution in [1.29, 1.82) is 0 Å². The number of carbonyl (C=O) groups excluding carboxylic acids is 2. The zero-order chi connectivity index (χ0) is 18.4. The fourth-order valence-corrected chi connectivity index (χ4v) is 3.64. The lowest BCUT2D eigenvalue weighted by Gasteiger charge is -2.41. The van der Waals surface area contributed by atoms with E-state index in [1.165, 1.54) is 0 Å². The van der Waals surface area contributed by atoms with E-state index in [0.717, 1.165) is 0 Å². The summed E-state index contributed by atoms with van der Waals surface area (Å²) in [7, 11) is 0. The molecule has 0 N–H and O–H groups in total. The van der Waals surface area contributed by atoms with Gasteiger partial charge in [0.1, 0.15) is 5.92 Å². The van der Waals surface area contributed by atoms with E-state index in [4.69, 9.17) is 21.1 Å². The van der Waals surface area contributed by atoms with Crippen LogP contribution in [0.1, 0.15) is 47.0 Å². The number of esters is 1. The van der Waals surface area contributed by atoms with Crippen LogP contribution in [0.25, 0.3) is 0 Å². The monoisotopic (exact) mass is 363 g/mol. The summed E-state index contributed by atoms with van der Waals surface area (Å²) in [6.45, 7) is 7.51. The zero-order valence-electron chi connectivity index (χ0n) is 14.6. The highest BCUT2D eigenvalue weighted by Crippen LogP contribution is 2.40. The van der Waals surface area contributed by atoms with E-state index in [-0.39, 0.29) is 19.1 Å². The molecule has 0 radical (unpaired) electrons. The van der Waals surface area contributed by atoms with Gasteiger partial charge in [-0.15, -0.1) is 0 Å². The minimum Gasteiger partial charge on any atom is -0.466 e. The molecule has 8 heteroatoms. The summed E-state index contributed by atoms with van der Waals surface area (Å²) >= 11 is 5.67. The molecule has 1 fully saturated rings. The van der Waals surface area contributed by atoms with E-state index in [9.17, 15) is 19.7 Å². The van der Waals surface area contributed by atoms with Crippen LogP contribution in [0.15, 0.2) is 0 Å². The Kier molecular flexibility index (Phi) is 8.09. The smallest absolute Gasteiger partial charge is 0.309 e. The van der Waals surface area contributed by atoms with Gasteiger partial charge in [-0.05, 0) is 37.3 Å². The van der Waals surface area contributed by atoms with Crippen LogP contribution in [-0.2, 0) is 19.1 Å². The lowest BCUT2D eigenvalue weighted by Crippen LogP contribution is -2.54. The molecule has 0 bridgehead atoms. The van der Waals surface area contributed by atoms with Crippen molar-refractivity contribution in [3.63, 3.8) is 0 Å². The van der Waals surface area contributed by atoms with Gasteiger partial charge < -0.3 is 9.47 Å². The molecule has 24 heavy (non-hydrogen) atoms. The number of rotatable bonds is 8. The average molecular weight is 364 g/mol. The van der Waals surface area contributed by atoms with E-state index >= 15 is 0 Å². The van der Waals surface area contributed by atoms with Crippen LogP contribution in [0, 0.1) is 27.9 Å². The molecular formula is C16H26ClNO6. The van der Waals surface area contributed by atoms with Crippen molar-refractivity contribution < 1.29 is 24.0 Å². The first-order chi connectivity index (χ1) is 11.3. The van der Waals surface area contributed by atoms with E-state index in [2.05, 4.69) is 0 Å². The van der Waals surface area contributed by atoms with Crippen LogP contribution in [0.3, 0.4) is 0 Å². The molecule has 1 saturated carbocycles. The van der Waals surface area contributed by atoms with Gasteiger partial charge in [0, 0.05) is 11.3 Å². The summed E-state index contributed by atoms with van der Waals surface area (Å²) in [5.74, 6) is -2.64. The Morgan fingerprint density at radius 1 is 1.29 bits per heavy atom. The Balaban J connectivity index is 3.19. The van der Waals surface area contributed by atoms with Crippen molar-refractivity contribution in [1.82, 2.24) is 0 Å². The lowest BCUT2D eigenvalue weighted by molar-refractivity contribution is -0.538. The third kappa shape index (κ3) is 4.66. The number of hydrogen-bond donors (Lipinski definition) is 0. The maximum atomic E-state index is 12.2. The molecular weight excluding hydrogens is 338 g/mol. The first-order valence-electron chi connectivity index (χ1n) is 8.43. The molecule has 0 amide bonds. The summed E-state index contributed by atoms with van der Waals surface area (Å²) < 4.78 is 11.0. The van der Waals surface area contributed by atoms with Gasteiger partial charge in [0.2, 0.25) is 11.3 Å². The summed E-state index contributed by atoms with van der Waals surface area (Å²) in [6.07, 6.45) is 0.410. The number of nitrogens with zero attached hydrogens (tertiary/aromatic N) is 1. The summed E-state index contributed by atoms with van der Waals surface area (Å²) in [5, 5.41) is 10.7. The van der Waals surface area contributed by atoms with Gasteiger partial charge in [-0.3, -0.25) is 19.7 Å². The topological polar surface area (TPSA) is 95.7 Å². The molecule has 1 aliphatic rings. The molecule has 1 aliphatic carbocycles. The standard InChI is InChI=1S/C16H26ClNO6/c1-5-10(6-2)24-14-9(4)11(16(20)23-7-3)8-12(18(21)22)13(14)15(17)19/h9-14H,5-8H2,1-4H3/t9-,11-,12+,13-,14-/m1/s1. The fourth-order valence-electron chi connectivity index (χ4n) is 3.37. The molecule has 0 saturated heterocycles. The van der Waals surface area contributed by atoms with Crippen LogP contribution >= 0.6 is 11.6 Å². The quantitative estimate of drug-likeness (QED) is 0.285. The molecule has 0 spiro atoms. The van der Waals surface area contributed by atoms with Crippen LogP contribution in [0.5, 0.6) is 0 Å². The van der Waals surface area contributed by atoms with E-state index in [1.807, 2.05) is 13.8 Å². The highest BCUT2D eigenvalue weighted by molar-refractivity contribution is 6.64. The Morgan fingerprint density at radius 3 is 2.29 bits per heavy atom. The van der Waals surface area contributed by atoms with Crippen molar-refractivity contribution >= 4 is 22.8 Å². The second-order valence-electron chi connectivity index (χ2n) is 6.18. The molecule has 5 atom stereocenters. The number of ether oxygens (including phenoxy) is 2. The van der Waals surface area contributed by atoms with Crippen LogP contribution < -0.4 is 0 Å². The predicted molar refractivity (Wildman–Crippen MR) is 88.3 cm³/mol. The number of halogens is 1. The highest BCUT2D eigenvalue weighted by atomic mass is 35.5. The number of nitro groups is 1. The first-order valence-corrected chi connectivity index (χ1v) is 8.81. The summed E-state index contributed by atoms with van der Waals surface area (Å²) in [4.78, 5) is 35.0. The number of carbonyl (C=O) groups is 2. The van der Waals surface area contributed by atoms with Crippen LogP contribution in [0.4, 0.5) is 0 Å². The minimum absolute atomic E-state index is 0.0705. The molecule has 1 rings (SSSR count). The van der Waals surface area contributed by atoms with Gasteiger partial charge in [-0.25, -0.2) is 0 Å². The molecule has 138 valence electrons. The summed E-state index contributed by atoms with van der Waals surface area (Å²) in [5.41, 5.74) is 0. The average Bonchev–Trinajstić information content (AvgIpc) is 2.52.